The maximum absolute atomic E-state index is 10.6. The van der Waals surface area contributed by atoms with Gasteiger partial charge in [0.05, 0.1) is 15.8 Å². The molecule has 4 nitrogen and oxygen atoms in total. The fraction of sp³-hybridized carbons (Fsp3) is 0.375. The Morgan fingerprint density at radius 3 is 2.93 bits per heavy atom. The van der Waals surface area contributed by atoms with Crippen molar-refractivity contribution in [3.8, 4) is 0 Å². The predicted octanol–water partition coefficient (Wildman–Crippen LogP) is 1.90. The molecule has 2 unspecified atom stereocenters. The van der Waals surface area contributed by atoms with Crippen LogP contribution in [0.1, 0.15) is 11.2 Å². The van der Waals surface area contributed by atoms with Gasteiger partial charge in [0.2, 0.25) is 0 Å². The standard InChI is InChI=1S/C8H7ClO4S/c9-6-2-1-5(14-6)8-12-3-4(13-8)7(10)11/h1-2,4,8H,3H2,(H,10,11). The molecule has 76 valence electrons. The minimum absolute atomic E-state index is 0.0789. The summed E-state index contributed by atoms with van der Waals surface area (Å²) in [5, 5.41) is 8.66. The van der Waals surface area contributed by atoms with Crippen LogP contribution in [0, 0.1) is 0 Å². The zero-order valence-corrected chi connectivity index (χ0v) is 8.55. The van der Waals surface area contributed by atoms with Gasteiger partial charge in [-0.15, -0.1) is 11.3 Å². The van der Waals surface area contributed by atoms with Gasteiger partial charge in [0.15, 0.2) is 12.4 Å². The second kappa shape index (κ2) is 3.86. The molecule has 0 amide bonds. The van der Waals surface area contributed by atoms with E-state index in [2.05, 4.69) is 0 Å². The molecule has 1 fully saturated rings. The van der Waals surface area contributed by atoms with Crippen LogP contribution in [0.4, 0.5) is 0 Å². The minimum atomic E-state index is -1.00. The lowest BCUT2D eigenvalue weighted by Gasteiger charge is -2.06. The number of rotatable bonds is 2. The maximum atomic E-state index is 10.6. The summed E-state index contributed by atoms with van der Waals surface area (Å²) < 4.78 is 11.0. The molecule has 0 bridgehead atoms. The monoisotopic (exact) mass is 234 g/mol. The van der Waals surface area contributed by atoms with Gasteiger partial charge in [0.25, 0.3) is 0 Å². The van der Waals surface area contributed by atoms with Gasteiger partial charge in [0, 0.05) is 0 Å². The molecule has 14 heavy (non-hydrogen) atoms. The fourth-order valence-electron chi connectivity index (χ4n) is 1.14. The van der Waals surface area contributed by atoms with Crippen molar-refractivity contribution in [2.75, 3.05) is 6.61 Å². The van der Waals surface area contributed by atoms with Gasteiger partial charge in [-0.2, -0.15) is 0 Å². The summed E-state index contributed by atoms with van der Waals surface area (Å²) in [6.07, 6.45) is -1.46. The first-order chi connectivity index (χ1) is 6.66. The molecular weight excluding hydrogens is 228 g/mol. The third kappa shape index (κ3) is 1.90. The van der Waals surface area contributed by atoms with Crippen molar-refractivity contribution in [2.45, 2.75) is 12.4 Å². The third-order valence-electron chi connectivity index (χ3n) is 1.79. The number of hydrogen-bond donors (Lipinski definition) is 1. The number of carboxylic acid groups (broad SMARTS) is 1. The highest BCUT2D eigenvalue weighted by Crippen LogP contribution is 2.33. The molecule has 0 radical (unpaired) electrons. The second-order valence-electron chi connectivity index (χ2n) is 2.77. The van der Waals surface area contributed by atoms with E-state index in [1.165, 1.54) is 11.3 Å². The SMILES string of the molecule is O=C(O)C1COC(c2ccc(Cl)s2)O1. The van der Waals surface area contributed by atoms with Gasteiger partial charge in [-0.05, 0) is 12.1 Å². The van der Waals surface area contributed by atoms with Crippen LogP contribution in [0.5, 0.6) is 0 Å². The van der Waals surface area contributed by atoms with Crippen LogP contribution in [-0.4, -0.2) is 23.8 Å². The van der Waals surface area contributed by atoms with Crippen LogP contribution in [0.25, 0.3) is 0 Å². The van der Waals surface area contributed by atoms with Gasteiger partial charge in [-0.3, -0.25) is 0 Å². The number of halogens is 1. The van der Waals surface area contributed by atoms with Crippen molar-refractivity contribution in [3.05, 3.63) is 21.3 Å². The number of carbonyl (C=O) groups is 1. The highest BCUT2D eigenvalue weighted by Gasteiger charge is 2.32. The maximum Gasteiger partial charge on any atom is 0.335 e. The summed E-state index contributed by atoms with van der Waals surface area (Å²) in [6, 6.07) is 3.49. The van der Waals surface area contributed by atoms with Crippen molar-refractivity contribution in [2.24, 2.45) is 0 Å². The first-order valence-corrected chi connectivity index (χ1v) is 5.11. The van der Waals surface area contributed by atoms with E-state index in [4.69, 9.17) is 26.2 Å². The molecule has 1 aliphatic rings. The summed E-state index contributed by atoms with van der Waals surface area (Å²) in [4.78, 5) is 11.3. The largest absolute Gasteiger partial charge is 0.479 e. The lowest BCUT2D eigenvalue weighted by Crippen LogP contribution is -2.21. The third-order valence-corrected chi connectivity index (χ3v) is 3.04. The molecule has 2 heterocycles. The Kier molecular flexibility index (Phi) is 2.73. The van der Waals surface area contributed by atoms with E-state index in [0.717, 1.165) is 4.88 Å². The Hall–Kier alpha value is -0.620. The molecule has 2 rings (SSSR count). The molecule has 1 N–H and O–H groups in total. The summed E-state index contributed by atoms with van der Waals surface area (Å²) in [6.45, 7) is 0.0789. The van der Waals surface area contributed by atoms with Crippen LogP contribution in [-0.2, 0) is 14.3 Å². The minimum Gasteiger partial charge on any atom is -0.479 e. The van der Waals surface area contributed by atoms with Crippen LogP contribution in [0.15, 0.2) is 12.1 Å². The number of hydrogen-bond acceptors (Lipinski definition) is 4. The number of carboxylic acids is 1. The molecular formula is C8H7ClO4S. The number of ether oxygens (including phenoxy) is 2. The Morgan fingerprint density at radius 1 is 1.64 bits per heavy atom. The molecule has 6 heteroatoms. The van der Waals surface area contributed by atoms with Crippen molar-refractivity contribution < 1.29 is 19.4 Å². The zero-order valence-electron chi connectivity index (χ0n) is 6.97. The molecule has 0 saturated carbocycles. The normalized spacial score (nSPS) is 26.6. The lowest BCUT2D eigenvalue weighted by molar-refractivity contribution is -0.150. The Labute approximate surface area is 89.0 Å². The molecule has 1 aromatic rings. The van der Waals surface area contributed by atoms with Gasteiger partial charge in [0.1, 0.15) is 0 Å². The molecule has 1 aromatic heterocycles. The molecule has 2 atom stereocenters. The van der Waals surface area contributed by atoms with Gasteiger partial charge in [-0.1, -0.05) is 11.6 Å². The van der Waals surface area contributed by atoms with Crippen LogP contribution in [0.3, 0.4) is 0 Å². The average Bonchev–Trinajstić information content (AvgIpc) is 2.70. The predicted molar refractivity (Wildman–Crippen MR) is 50.5 cm³/mol. The number of aliphatic carboxylic acids is 1. The van der Waals surface area contributed by atoms with Crippen LogP contribution in [0.2, 0.25) is 4.34 Å². The lowest BCUT2D eigenvalue weighted by atomic mass is 10.4. The van der Waals surface area contributed by atoms with E-state index in [9.17, 15) is 4.79 Å². The van der Waals surface area contributed by atoms with Crippen molar-refractivity contribution in [1.82, 2.24) is 0 Å². The van der Waals surface area contributed by atoms with Gasteiger partial charge < -0.3 is 14.6 Å². The fourth-order valence-corrected chi connectivity index (χ4v) is 2.18. The zero-order chi connectivity index (χ0) is 10.1. The van der Waals surface area contributed by atoms with E-state index < -0.39 is 18.4 Å². The average molecular weight is 235 g/mol. The Balaban J connectivity index is 2.05. The second-order valence-corrected chi connectivity index (χ2v) is 4.52. The van der Waals surface area contributed by atoms with E-state index >= 15 is 0 Å². The van der Waals surface area contributed by atoms with Crippen molar-refractivity contribution in [1.29, 1.82) is 0 Å². The Morgan fingerprint density at radius 2 is 2.43 bits per heavy atom. The molecule has 0 spiro atoms. The molecule has 0 aromatic carbocycles. The highest BCUT2D eigenvalue weighted by atomic mass is 35.5. The quantitative estimate of drug-likeness (QED) is 0.849. The van der Waals surface area contributed by atoms with E-state index in [0.29, 0.717) is 4.34 Å². The highest BCUT2D eigenvalue weighted by molar-refractivity contribution is 7.16. The molecule has 1 aliphatic heterocycles. The molecule has 1 saturated heterocycles. The first-order valence-electron chi connectivity index (χ1n) is 3.92. The smallest absolute Gasteiger partial charge is 0.335 e. The van der Waals surface area contributed by atoms with E-state index in [1.54, 1.807) is 12.1 Å². The first kappa shape index (κ1) is 9.92. The van der Waals surface area contributed by atoms with Crippen LogP contribution < -0.4 is 0 Å². The van der Waals surface area contributed by atoms with Crippen molar-refractivity contribution >= 4 is 28.9 Å². The van der Waals surface area contributed by atoms with Gasteiger partial charge in [-0.25, -0.2) is 4.79 Å². The summed E-state index contributed by atoms with van der Waals surface area (Å²) in [5.74, 6) is -1.00. The Bertz CT molecular complexity index is 351. The molecule has 0 aliphatic carbocycles. The van der Waals surface area contributed by atoms with E-state index in [-0.39, 0.29) is 6.61 Å². The summed E-state index contributed by atoms with van der Waals surface area (Å²) in [7, 11) is 0. The van der Waals surface area contributed by atoms with E-state index in [1.807, 2.05) is 0 Å². The van der Waals surface area contributed by atoms with Crippen LogP contribution >= 0.6 is 22.9 Å². The number of thiophene rings is 1. The van der Waals surface area contributed by atoms with Gasteiger partial charge >= 0.3 is 5.97 Å². The summed E-state index contributed by atoms with van der Waals surface area (Å²) in [5.41, 5.74) is 0. The van der Waals surface area contributed by atoms with Crippen molar-refractivity contribution in [3.63, 3.8) is 0 Å². The topological polar surface area (TPSA) is 55.8 Å². The summed E-state index contributed by atoms with van der Waals surface area (Å²) >= 11 is 7.05.